The molecule has 3 aromatic rings. The van der Waals surface area contributed by atoms with Crippen molar-refractivity contribution in [2.24, 2.45) is 0 Å². The second kappa shape index (κ2) is 7.56. The van der Waals surface area contributed by atoms with Gasteiger partial charge in [-0.15, -0.1) is 0 Å². The molecule has 0 atom stereocenters. The van der Waals surface area contributed by atoms with Crippen LogP contribution in [0.2, 0.25) is 10.0 Å². The molecule has 0 radical (unpaired) electrons. The largest absolute Gasteiger partial charge is 0.274 e. The van der Waals surface area contributed by atoms with Gasteiger partial charge in [0.15, 0.2) is 5.69 Å². The van der Waals surface area contributed by atoms with Crippen molar-refractivity contribution < 1.29 is 14.2 Å². The van der Waals surface area contributed by atoms with E-state index in [1.807, 2.05) is 18.2 Å². The van der Waals surface area contributed by atoms with E-state index in [-0.39, 0.29) is 11.8 Å². The van der Waals surface area contributed by atoms with Crippen molar-refractivity contribution in [3.63, 3.8) is 0 Å². The molecule has 3 heterocycles. The van der Waals surface area contributed by atoms with Crippen LogP contribution in [-0.4, -0.2) is 27.8 Å². The molecular weight excluding hydrogens is 421 g/mol. The van der Waals surface area contributed by atoms with Gasteiger partial charge in [0.2, 0.25) is 0 Å². The fourth-order valence-corrected chi connectivity index (χ4v) is 4.73. The van der Waals surface area contributed by atoms with Crippen LogP contribution in [0.15, 0.2) is 48.7 Å². The summed E-state index contributed by atoms with van der Waals surface area (Å²) in [5.74, 6) is 0.872. The number of imidazole rings is 1. The summed E-state index contributed by atoms with van der Waals surface area (Å²) in [4.78, 5) is 26.5. The maximum atomic E-state index is 12.6. The molecule has 0 fully saturated rings. The summed E-state index contributed by atoms with van der Waals surface area (Å²) in [6.07, 6.45) is 4.95. The lowest BCUT2D eigenvalue weighted by atomic mass is 10.1. The minimum absolute atomic E-state index is 0.195. The minimum atomic E-state index is -0.195. The number of carbonyl (C=O) groups is 2. The number of amides is 2. The number of carbonyl (C=O) groups excluding carboxylic acids is 2. The summed E-state index contributed by atoms with van der Waals surface area (Å²) in [5.41, 5.74) is 3.15. The first-order valence-corrected chi connectivity index (χ1v) is 10.8. The highest BCUT2D eigenvalue weighted by Gasteiger charge is 2.35. The van der Waals surface area contributed by atoms with E-state index >= 15 is 0 Å². The average molecular weight is 441 g/mol. The zero-order valence-corrected chi connectivity index (χ0v) is 17.8. The van der Waals surface area contributed by atoms with E-state index in [4.69, 9.17) is 23.2 Å². The fraction of sp³-hybridized carbons (Fsp3) is 0.261. The summed E-state index contributed by atoms with van der Waals surface area (Å²) in [7, 11) is 0. The maximum Gasteiger partial charge on any atom is 0.261 e. The van der Waals surface area contributed by atoms with E-state index in [9.17, 15) is 9.59 Å². The Labute approximate surface area is 184 Å². The topological polar surface area (TPSA) is 46.2 Å². The molecule has 152 valence electrons. The number of halogens is 2. The third kappa shape index (κ3) is 3.13. The van der Waals surface area contributed by atoms with Crippen molar-refractivity contribution in [2.45, 2.75) is 32.4 Å². The van der Waals surface area contributed by atoms with Crippen LogP contribution in [0, 0.1) is 0 Å². The first kappa shape index (κ1) is 19.3. The number of fused-ring (bicyclic) bond motifs is 2. The van der Waals surface area contributed by atoms with Crippen molar-refractivity contribution in [3.8, 4) is 11.3 Å². The van der Waals surface area contributed by atoms with Gasteiger partial charge in [-0.25, -0.2) is 9.13 Å². The highest BCUT2D eigenvalue weighted by molar-refractivity contribution is 6.42. The SMILES string of the molecule is O=C1c2ccccc2C(=O)N1CCC[n+]1cc(-c2ccc(Cl)c(Cl)c2)n2c1CCC2. The van der Waals surface area contributed by atoms with Gasteiger partial charge < -0.3 is 0 Å². The van der Waals surface area contributed by atoms with Crippen LogP contribution in [0.5, 0.6) is 0 Å². The number of aromatic nitrogens is 2. The Morgan fingerprint density at radius 2 is 1.70 bits per heavy atom. The summed E-state index contributed by atoms with van der Waals surface area (Å²) in [6.45, 7) is 2.12. The first-order valence-electron chi connectivity index (χ1n) is 10.1. The molecule has 7 heteroatoms. The summed E-state index contributed by atoms with van der Waals surface area (Å²) in [5, 5.41) is 1.09. The Balaban J connectivity index is 1.34. The quantitative estimate of drug-likeness (QED) is 0.436. The van der Waals surface area contributed by atoms with Crippen LogP contribution < -0.4 is 4.57 Å². The fourth-order valence-electron chi connectivity index (χ4n) is 4.43. The van der Waals surface area contributed by atoms with Gasteiger partial charge in [-0.3, -0.25) is 14.5 Å². The Hall–Kier alpha value is -2.63. The summed E-state index contributed by atoms with van der Waals surface area (Å²) < 4.78 is 4.56. The molecular formula is C23H20Cl2N3O2+. The van der Waals surface area contributed by atoms with E-state index in [2.05, 4.69) is 15.3 Å². The number of imide groups is 1. The number of hydrogen-bond donors (Lipinski definition) is 0. The van der Waals surface area contributed by atoms with Crippen molar-refractivity contribution >= 4 is 35.0 Å². The van der Waals surface area contributed by atoms with Crippen LogP contribution >= 0.6 is 23.2 Å². The van der Waals surface area contributed by atoms with Crippen LogP contribution in [0.4, 0.5) is 0 Å². The molecule has 2 amide bonds. The van der Waals surface area contributed by atoms with Gasteiger partial charge in [-0.1, -0.05) is 35.3 Å². The highest BCUT2D eigenvalue weighted by Crippen LogP contribution is 2.30. The van der Waals surface area contributed by atoms with Crippen molar-refractivity contribution in [3.05, 3.63) is 75.7 Å². The molecule has 0 spiro atoms. The van der Waals surface area contributed by atoms with Gasteiger partial charge in [0.1, 0.15) is 6.20 Å². The number of hydrogen-bond acceptors (Lipinski definition) is 2. The number of benzene rings is 2. The van der Waals surface area contributed by atoms with Crippen LogP contribution in [0.1, 0.15) is 39.4 Å². The van der Waals surface area contributed by atoms with Crippen molar-refractivity contribution in [2.75, 3.05) is 6.54 Å². The third-order valence-corrected chi connectivity index (χ3v) is 6.61. The van der Waals surface area contributed by atoms with Gasteiger partial charge >= 0.3 is 0 Å². The molecule has 0 N–H and O–H groups in total. The smallest absolute Gasteiger partial charge is 0.261 e. The van der Waals surface area contributed by atoms with Crippen LogP contribution in [0.3, 0.4) is 0 Å². The van der Waals surface area contributed by atoms with Gasteiger partial charge in [0, 0.05) is 18.5 Å². The molecule has 2 aliphatic heterocycles. The lowest BCUT2D eigenvalue weighted by Gasteiger charge is -2.12. The first-order chi connectivity index (χ1) is 14.5. The standard InChI is InChI=1S/C23H20Cl2N3O2/c24-18-9-8-15(13-19(18)25)20-14-26(21-7-3-11-27(20)21)10-4-12-28-22(29)16-5-1-2-6-17(16)23(28)30/h1-2,5-6,8-9,13-14H,3-4,7,10-12H2/q+1. The van der Waals surface area contributed by atoms with Crippen LogP contribution in [0.25, 0.3) is 11.3 Å². The summed E-state index contributed by atoms with van der Waals surface area (Å²) >= 11 is 12.3. The molecule has 0 saturated heterocycles. The third-order valence-electron chi connectivity index (χ3n) is 5.87. The van der Waals surface area contributed by atoms with Gasteiger partial charge in [0.25, 0.3) is 17.6 Å². The molecule has 0 unspecified atom stereocenters. The normalized spacial score (nSPS) is 15.1. The van der Waals surface area contributed by atoms with E-state index in [0.29, 0.717) is 34.1 Å². The van der Waals surface area contributed by atoms with Crippen LogP contribution in [-0.2, 0) is 19.5 Å². The van der Waals surface area contributed by atoms with Gasteiger partial charge in [-0.05, 0) is 36.8 Å². The number of aryl methyl sites for hydroxylation is 1. The number of rotatable bonds is 5. The molecule has 1 aromatic heterocycles. The Bertz CT molecular complexity index is 1150. The van der Waals surface area contributed by atoms with E-state index < -0.39 is 0 Å². The molecule has 2 aromatic carbocycles. The second-order valence-electron chi connectivity index (χ2n) is 7.67. The summed E-state index contributed by atoms with van der Waals surface area (Å²) in [6, 6.07) is 12.7. The van der Waals surface area contributed by atoms with E-state index in [1.54, 1.807) is 24.3 Å². The molecule has 2 aliphatic rings. The molecule has 0 aliphatic carbocycles. The predicted molar refractivity (Wildman–Crippen MR) is 115 cm³/mol. The highest BCUT2D eigenvalue weighted by atomic mass is 35.5. The molecule has 5 rings (SSSR count). The minimum Gasteiger partial charge on any atom is -0.274 e. The predicted octanol–water partition coefficient (Wildman–Crippen LogP) is 4.38. The lowest BCUT2D eigenvalue weighted by molar-refractivity contribution is -0.703. The molecule has 0 bridgehead atoms. The zero-order valence-electron chi connectivity index (χ0n) is 16.3. The second-order valence-corrected chi connectivity index (χ2v) is 8.48. The molecule has 5 nitrogen and oxygen atoms in total. The Morgan fingerprint density at radius 1 is 0.967 bits per heavy atom. The molecule has 0 saturated carbocycles. The van der Waals surface area contributed by atoms with Gasteiger partial charge in [0.05, 0.1) is 40.7 Å². The van der Waals surface area contributed by atoms with Gasteiger partial charge in [-0.2, -0.15) is 0 Å². The van der Waals surface area contributed by atoms with E-state index in [1.165, 1.54) is 10.7 Å². The molecule has 30 heavy (non-hydrogen) atoms. The maximum absolute atomic E-state index is 12.6. The zero-order chi connectivity index (χ0) is 20.8. The Morgan fingerprint density at radius 3 is 2.40 bits per heavy atom. The number of nitrogens with zero attached hydrogens (tertiary/aromatic N) is 3. The van der Waals surface area contributed by atoms with Crippen molar-refractivity contribution in [1.82, 2.24) is 9.47 Å². The average Bonchev–Trinajstić information content (AvgIpc) is 3.41. The monoisotopic (exact) mass is 440 g/mol. The Kier molecular flexibility index (Phi) is 4.88. The van der Waals surface area contributed by atoms with E-state index in [0.717, 1.165) is 37.2 Å². The lowest BCUT2D eigenvalue weighted by Crippen LogP contribution is -2.39. The van der Waals surface area contributed by atoms with Crippen molar-refractivity contribution in [1.29, 1.82) is 0 Å².